The lowest BCUT2D eigenvalue weighted by molar-refractivity contribution is 0.176. The number of hydrogen-bond acceptors (Lipinski definition) is 3. The van der Waals surface area contributed by atoms with Gasteiger partial charge in [-0.15, -0.1) is 11.3 Å². The SMILES string of the molecule is NCCN(Cc1ccccc1)C(c1cccs1)C1CC1. The first kappa shape index (κ1) is 13.8. The lowest BCUT2D eigenvalue weighted by atomic mass is 10.1. The number of hydrogen-bond donors (Lipinski definition) is 1. The van der Waals surface area contributed by atoms with E-state index in [0.29, 0.717) is 6.04 Å². The van der Waals surface area contributed by atoms with E-state index in [-0.39, 0.29) is 0 Å². The molecule has 0 amide bonds. The number of benzene rings is 1. The molecule has 0 bridgehead atoms. The molecule has 1 unspecified atom stereocenters. The summed E-state index contributed by atoms with van der Waals surface area (Å²) in [7, 11) is 0. The van der Waals surface area contributed by atoms with Gasteiger partial charge in [0.25, 0.3) is 0 Å². The average molecular weight is 286 g/mol. The second-order valence-corrected chi connectivity index (χ2v) is 6.52. The lowest BCUT2D eigenvalue weighted by Gasteiger charge is -2.31. The van der Waals surface area contributed by atoms with Crippen molar-refractivity contribution in [1.82, 2.24) is 4.90 Å². The van der Waals surface area contributed by atoms with E-state index in [1.54, 1.807) is 0 Å². The zero-order valence-electron chi connectivity index (χ0n) is 11.7. The molecule has 1 aliphatic carbocycles. The summed E-state index contributed by atoms with van der Waals surface area (Å²) in [5.41, 5.74) is 7.23. The van der Waals surface area contributed by atoms with E-state index in [0.717, 1.165) is 25.6 Å². The van der Waals surface area contributed by atoms with Crippen LogP contribution < -0.4 is 5.73 Å². The molecule has 1 fully saturated rings. The van der Waals surface area contributed by atoms with E-state index >= 15 is 0 Å². The summed E-state index contributed by atoms with van der Waals surface area (Å²) in [5, 5.41) is 2.19. The van der Waals surface area contributed by atoms with Crippen molar-refractivity contribution in [2.45, 2.75) is 25.4 Å². The van der Waals surface area contributed by atoms with Crippen molar-refractivity contribution in [3.8, 4) is 0 Å². The van der Waals surface area contributed by atoms with Gasteiger partial charge in [0, 0.05) is 30.6 Å². The minimum Gasteiger partial charge on any atom is -0.329 e. The van der Waals surface area contributed by atoms with Gasteiger partial charge in [-0.05, 0) is 35.8 Å². The molecule has 20 heavy (non-hydrogen) atoms. The maximum absolute atomic E-state index is 5.86. The van der Waals surface area contributed by atoms with Crippen LogP contribution in [-0.2, 0) is 6.54 Å². The zero-order chi connectivity index (χ0) is 13.8. The standard InChI is InChI=1S/C17H22N2S/c18-10-11-19(13-14-5-2-1-3-6-14)17(15-8-9-15)16-7-4-12-20-16/h1-7,12,15,17H,8-11,13,18H2. The third-order valence-electron chi connectivity index (χ3n) is 3.94. The van der Waals surface area contributed by atoms with E-state index in [1.807, 2.05) is 11.3 Å². The Bertz CT molecular complexity index is 505. The molecule has 1 atom stereocenters. The Morgan fingerprint density at radius 2 is 1.95 bits per heavy atom. The Morgan fingerprint density at radius 1 is 1.15 bits per heavy atom. The first-order valence-electron chi connectivity index (χ1n) is 7.40. The Kier molecular flexibility index (Phi) is 4.51. The Balaban J connectivity index is 1.80. The van der Waals surface area contributed by atoms with Gasteiger partial charge in [-0.2, -0.15) is 0 Å². The highest BCUT2D eigenvalue weighted by atomic mass is 32.1. The van der Waals surface area contributed by atoms with Crippen LogP contribution in [0.25, 0.3) is 0 Å². The number of thiophene rings is 1. The second kappa shape index (κ2) is 6.53. The minimum absolute atomic E-state index is 0.554. The molecule has 1 heterocycles. The van der Waals surface area contributed by atoms with Crippen molar-refractivity contribution in [2.75, 3.05) is 13.1 Å². The fourth-order valence-electron chi connectivity index (χ4n) is 2.88. The number of rotatable bonds is 7. The monoisotopic (exact) mass is 286 g/mol. The van der Waals surface area contributed by atoms with Gasteiger partial charge in [-0.1, -0.05) is 36.4 Å². The highest BCUT2D eigenvalue weighted by Crippen LogP contribution is 2.46. The average Bonchev–Trinajstić information content (AvgIpc) is 3.15. The summed E-state index contributed by atoms with van der Waals surface area (Å²) < 4.78 is 0. The fraction of sp³-hybridized carbons (Fsp3) is 0.412. The smallest absolute Gasteiger partial charge is 0.0473 e. The molecule has 0 saturated heterocycles. The molecular formula is C17H22N2S. The van der Waals surface area contributed by atoms with Gasteiger partial charge in [-0.25, -0.2) is 0 Å². The summed E-state index contributed by atoms with van der Waals surface area (Å²) in [6.07, 6.45) is 2.72. The molecule has 0 aliphatic heterocycles. The highest BCUT2D eigenvalue weighted by Gasteiger charge is 2.36. The van der Waals surface area contributed by atoms with Gasteiger partial charge in [0.05, 0.1) is 0 Å². The molecule has 2 nitrogen and oxygen atoms in total. The van der Waals surface area contributed by atoms with Crippen molar-refractivity contribution in [2.24, 2.45) is 11.7 Å². The van der Waals surface area contributed by atoms with Gasteiger partial charge in [0.1, 0.15) is 0 Å². The van der Waals surface area contributed by atoms with Gasteiger partial charge in [-0.3, -0.25) is 4.90 Å². The fourth-order valence-corrected chi connectivity index (χ4v) is 3.83. The van der Waals surface area contributed by atoms with Crippen molar-refractivity contribution >= 4 is 11.3 Å². The Morgan fingerprint density at radius 3 is 2.55 bits per heavy atom. The first-order chi connectivity index (χ1) is 9.88. The van der Waals surface area contributed by atoms with E-state index in [2.05, 4.69) is 52.7 Å². The molecule has 3 rings (SSSR count). The summed E-state index contributed by atoms with van der Waals surface area (Å²) in [5.74, 6) is 0.823. The molecule has 106 valence electrons. The molecule has 3 heteroatoms. The largest absolute Gasteiger partial charge is 0.329 e. The van der Waals surface area contributed by atoms with E-state index < -0.39 is 0 Å². The second-order valence-electron chi connectivity index (χ2n) is 5.54. The van der Waals surface area contributed by atoms with Crippen molar-refractivity contribution in [3.63, 3.8) is 0 Å². The van der Waals surface area contributed by atoms with Crippen LogP contribution in [0.3, 0.4) is 0 Å². The molecule has 2 N–H and O–H groups in total. The van der Waals surface area contributed by atoms with Crippen LogP contribution in [-0.4, -0.2) is 18.0 Å². The Labute approximate surface area is 125 Å². The maximum atomic E-state index is 5.86. The molecule has 1 aromatic heterocycles. The van der Waals surface area contributed by atoms with Crippen LogP contribution >= 0.6 is 11.3 Å². The van der Waals surface area contributed by atoms with Crippen LogP contribution in [0.15, 0.2) is 47.8 Å². The Hall–Kier alpha value is -1.16. The van der Waals surface area contributed by atoms with Gasteiger partial charge < -0.3 is 5.73 Å². The lowest BCUT2D eigenvalue weighted by Crippen LogP contribution is -2.33. The molecule has 1 saturated carbocycles. The minimum atomic E-state index is 0.554. The summed E-state index contributed by atoms with van der Waals surface area (Å²) >= 11 is 1.88. The van der Waals surface area contributed by atoms with Crippen molar-refractivity contribution < 1.29 is 0 Å². The van der Waals surface area contributed by atoms with Gasteiger partial charge in [0.15, 0.2) is 0 Å². The third-order valence-corrected chi connectivity index (χ3v) is 4.88. The molecular weight excluding hydrogens is 264 g/mol. The molecule has 2 aromatic rings. The molecule has 1 aliphatic rings. The van der Waals surface area contributed by atoms with Crippen molar-refractivity contribution in [3.05, 3.63) is 58.3 Å². The van der Waals surface area contributed by atoms with Crippen LogP contribution in [0.2, 0.25) is 0 Å². The van der Waals surface area contributed by atoms with Crippen LogP contribution in [0, 0.1) is 5.92 Å². The zero-order valence-corrected chi connectivity index (χ0v) is 12.6. The van der Waals surface area contributed by atoms with Crippen LogP contribution in [0.1, 0.15) is 29.3 Å². The summed E-state index contributed by atoms with van der Waals surface area (Å²) in [4.78, 5) is 4.07. The van der Waals surface area contributed by atoms with Crippen LogP contribution in [0.5, 0.6) is 0 Å². The van der Waals surface area contributed by atoms with Gasteiger partial charge in [0.2, 0.25) is 0 Å². The summed E-state index contributed by atoms with van der Waals surface area (Å²) in [6, 6.07) is 15.7. The normalized spacial score (nSPS) is 16.5. The van der Waals surface area contributed by atoms with Gasteiger partial charge >= 0.3 is 0 Å². The predicted octanol–water partition coefficient (Wildman–Crippen LogP) is 3.66. The topological polar surface area (TPSA) is 29.3 Å². The van der Waals surface area contributed by atoms with Crippen LogP contribution in [0.4, 0.5) is 0 Å². The first-order valence-corrected chi connectivity index (χ1v) is 8.28. The quantitative estimate of drug-likeness (QED) is 0.841. The van der Waals surface area contributed by atoms with E-state index in [4.69, 9.17) is 5.73 Å². The predicted molar refractivity (Wildman–Crippen MR) is 85.7 cm³/mol. The third kappa shape index (κ3) is 3.29. The molecule has 0 radical (unpaired) electrons. The van der Waals surface area contributed by atoms with Crippen molar-refractivity contribution in [1.29, 1.82) is 0 Å². The van der Waals surface area contributed by atoms with E-state index in [9.17, 15) is 0 Å². The summed E-state index contributed by atoms with van der Waals surface area (Å²) in [6.45, 7) is 2.69. The highest BCUT2D eigenvalue weighted by molar-refractivity contribution is 7.10. The number of nitrogens with two attached hydrogens (primary N) is 1. The van der Waals surface area contributed by atoms with E-state index in [1.165, 1.54) is 23.3 Å². The maximum Gasteiger partial charge on any atom is 0.0473 e. The molecule has 1 aromatic carbocycles. The number of nitrogens with zero attached hydrogens (tertiary/aromatic N) is 1. The molecule has 0 spiro atoms.